The third-order valence-corrected chi connectivity index (χ3v) is 5.74. The van der Waals surface area contributed by atoms with Crippen LogP contribution in [-0.2, 0) is 9.59 Å². The summed E-state index contributed by atoms with van der Waals surface area (Å²) in [5.74, 6) is -0.236. The number of anilines is 2. The van der Waals surface area contributed by atoms with Crippen molar-refractivity contribution in [1.82, 2.24) is 9.80 Å². The summed E-state index contributed by atoms with van der Waals surface area (Å²) < 4.78 is 0. The smallest absolute Gasteiger partial charge is 0.256 e. The predicted molar refractivity (Wildman–Crippen MR) is 161 cm³/mol. The zero-order chi connectivity index (χ0) is 29.7. The molecule has 0 bridgehead atoms. The molecule has 208 valence electrons. The lowest BCUT2D eigenvalue weighted by Crippen LogP contribution is -2.17. The maximum atomic E-state index is 12.8. The fourth-order valence-electron chi connectivity index (χ4n) is 3.13. The van der Waals surface area contributed by atoms with Crippen LogP contribution in [0, 0.1) is 0 Å². The average molecular weight is 541 g/mol. The standard InChI is InChI=1S/C24H18N2O2.2C4H9NO/c27-23(25-17-9-3-1-4-10-17)21-15-16-22(20-14-8-7-13-19(20)21)24(28)26-18-11-5-2-6-12-18;2*1-4(6)5(2)3/h1-16H,(H,25,27)(H,26,28);2*1-3H3. The molecule has 0 aromatic heterocycles. The van der Waals surface area contributed by atoms with Gasteiger partial charge in [0, 0.05) is 64.5 Å². The van der Waals surface area contributed by atoms with Crippen molar-refractivity contribution in [2.75, 3.05) is 38.8 Å². The Morgan fingerprint density at radius 1 is 0.475 bits per heavy atom. The molecule has 0 unspecified atom stereocenters. The van der Waals surface area contributed by atoms with E-state index in [0.29, 0.717) is 11.1 Å². The highest BCUT2D eigenvalue weighted by Crippen LogP contribution is 2.25. The summed E-state index contributed by atoms with van der Waals surface area (Å²) in [4.78, 5) is 48.8. The number of nitrogens with one attached hydrogen (secondary N) is 2. The van der Waals surface area contributed by atoms with Crippen molar-refractivity contribution >= 4 is 45.8 Å². The van der Waals surface area contributed by atoms with Crippen molar-refractivity contribution in [2.24, 2.45) is 0 Å². The number of carbonyl (C=O) groups excluding carboxylic acids is 4. The van der Waals surface area contributed by atoms with E-state index < -0.39 is 0 Å². The van der Waals surface area contributed by atoms with Gasteiger partial charge in [-0.05, 0) is 47.2 Å². The molecule has 2 N–H and O–H groups in total. The molecule has 8 heteroatoms. The SMILES string of the molecule is CC(=O)N(C)C.CC(=O)N(C)C.O=C(Nc1ccccc1)c1ccc(C(=O)Nc2ccccc2)c2ccccc12. The molecule has 40 heavy (non-hydrogen) atoms. The molecule has 4 aromatic rings. The summed E-state index contributed by atoms with van der Waals surface area (Å²) in [7, 11) is 6.90. The lowest BCUT2D eigenvalue weighted by Gasteiger charge is -2.12. The Kier molecular flexibility index (Phi) is 12.1. The van der Waals surface area contributed by atoms with Gasteiger partial charge >= 0.3 is 0 Å². The van der Waals surface area contributed by atoms with Gasteiger partial charge in [-0.1, -0.05) is 60.7 Å². The zero-order valence-corrected chi connectivity index (χ0v) is 23.8. The minimum atomic E-state index is -0.211. The zero-order valence-electron chi connectivity index (χ0n) is 23.8. The third kappa shape index (κ3) is 9.72. The quantitative estimate of drug-likeness (QED) is 0.355. The Balaban J connectivity index is 0.000000393. The van der Waals surface area contributed by atoms with Crippen molar-refractivity contribution in [1.29, 1.82) is 0 Å². The highest BCUT2D eigenvalue weighted by Gasteiger charge is 2.16. The number of hydrogen-bond acceptors (Lipinski definition) is 4. The maximum Gasteiger partial charge on any atom is 0.256 e. The minimum Gasteiger partial charge on any atom is -0.349 e. The van der Waals surface area contributed by atoms with Gasteiger partial charge in [0.05, 0.1) is 0 Å². The van der Waals surface area contributed by atoms with Gasteiger partial charge in [-0.2, -0.15) is 0 Å². The van der Waals surface area contributed by atoms with Gasteiger partial charge in [-0.15, -0.1) is 0 Å². The Morgan fingerprint density at radius 3 is 1.02 bits per heavy atom. The number of fused-ring (bicyclic) bond motifs is 1. The van der Waals surface area contributed by atoms with Gasteiger partial charge in [-0.25, -0.2) is 0 Å². The minimum absolute atomic E-state index is 0.0926. The van der Waals surface area contributed by atoms with Crippen LogP contribution in [0.5, 0.6) is 0 Å². The van der Waals surface area contributed by atoms with Crippen LogP contribution >= 0.6 is 0 Å². The molecular weight excluding hydrogens is 504 g/mol. The van der Waals surface area contributed by atoms with Crippen LogP contribution in [0.15, 0.2) is 97.1 Å². The van der Waals surface area contributed by atoms with Gasteiger partial charge in [0.25, 0.3) is 11.8 Å². The molecule has 0 heterocycles. The third-order valence-electron chi connectivity index (χ3n) is 5.74. The lowest BCUT2D eigenvalue weighted by molar-refractivity contribution is -0.127. The fraction of sp³-hybridized carbons (Fsp3) is 0.188. The Hall–Kier alpha value is -4.98. The molecule has 0 aliphatic rings. The monoisotopic (exact) mass is 540 g/mol. The van der Waals surface area contributed by atoms with Crippen molar-refractivity contribution in [3.8, 4) is 0 Å². The van der Waals surface area contributed by atoms with Crippen molar-refractivity contribution < 1.29 is 19.2 Å². The second kappa shape index (κ2) is 15.4. The van der Waals surface area contributed by atoms with E-state index in [1.807, 2.05) is 84.9 Å². The molecule has 0 saturated heterocycles. The molecule has 0 atom stereocenters. The summed E-state index contributed by atoms with van der Waals surface area (Å²) in [5, 5.41) is 7.26. The van der Waals surface area contributed by atoms with E-state index in [1.54, 1.807) is 40.3 Å². The molecule has 8 nitrogen and oxygen atoms in total. The molecule has 0 fully saturated rings. The molecule has 0 aliphatic heterocycles. The van der Waals surface area contributed by atoms with Crippen LogP contribution in [0.2, 0.25) is 0 Å². The first-order valence-electron chi connectivity index (χ1n) is 12.6. The van der Waals surface area contributed by atoms with Crippen molar-refractivity contribution in [3.05, 3.63) is 108 Å². The molecule has 0 saturated carbocycles. The van der Waals surface area contributed by atoms with Gasteiger partial charge in [0.2, 0.25) is 11.8 Å². The normalized spacial score (nSPS) is 9.65. The second-order valence-electron chi connectivity index (χ2n) is 9.17. The highest BCUT2D eigenvalue weighted by atomic mass is 16.2. The van der Waals surface area contributed by atoms with E-state index in [2.05, 4.69) is 10.6 Å². The van der Waals surface area contributed by atoms with Crippen LogP contribution in [-0.4, -0.2) is 61.6 Å². The molecule has 0 spiro atoms. The lowest BCUT2D eigenvalue weighted by atomic mass is 9.98. The fourth-order valence-corrected chi connectivity index (χ4v) is 3.13. The molecular formula is C32H36N4O4. The summed E-state index contributed by atoms with van der Waals surface area (Å²) >= 11 is 0. The number of para-hydroxylation sites is 2. The van der Waals surface area contributed by atoms with E-state index in [9.17, 15) is 19.2 Å². The summed E-state index contributed by atoms with van der Waals surface area (Å²) in [6.45, 7) is 3.06. The van der Waals surface area contributed by atoms with Crippen LogP contribution < -0.4 is 10.6 Å². The van der Waals surface area contributed by atoms with Crippen molar-refractivity contribution in [3.63, 3.8) is 0 Å². The Labute approximate surface area is 235 Å². The van der Waals surface area contributed by atoms with Crippen molar-refractivity contribution in [2.45, 2.75) is 13.8 Å². The summed E-state index contributed by atoms with van der Waals surface area (Å²) in [6.07, 6.45) is 0. The van der Waals surface area contributed by atoms with Crippen LogP contribution in [0.4, 0.5) is 11.4 Å². The van der Waals surface area contributed by atoms with Crippen LogP contribution in [0.1, 0.15) is 34.6 Å². The van der Waals surface area contributed by atoms with Gasteiger partial charge in [0.15, 0.2) is 0 Å². The first kappa shape index (κ1) is 31.2. The van der Waals surface area contributed by atoms with Crippen LogP contribution in [0.3, 0.4) is 0 Å². The molecule has 4 aromatic carbocycles. The van der Waals surface area contributed by atoms with Crippen LogP contribution in [0.25, 0.3) is 10.8 Å². The number of benzene rings is 4. The highest BCUT2D eigenvalue weighted by molar-refractivity contribution is 6.19. The maximum absolute atomic E-state index is 12.8. The topological polar surface area (TPSA) is 98.8 Å². The van der Waals surface area contributed by atoms with E-state index in [1.165, 1.54) is 23.6 Å². The van der Waals surface area contributed by atoms with Gasteiger partial charge in [0.1, 0.15) is 0 Å². The van der Waals surface area contributed by atoms with Gasteiger partial charge in [-0.3, -0.25) is 19.2 Å². The second-order valence-corrected chi connectivity index (χ2v) is 9.17. The Bertz CT molecular complexity index is 1330. The first-order chi connectivity index (χ1) is 19.0. The number of amides is 4. The predicted octanol–water partition coefficient (Wildman–Crippen LogP) is 5.53. The first-order valence-corrected chi connectivity index (χ1v) is 12.6. The molecule has 4 rings (SSSR count). The summed E-state index contributed by atoms with van der Waals surface area (Å²) in [6, 6.07) is 29.4. The largest absolute Gasteiger partial charge is 0.349 e. The Morgan fingerprint density at radius 2 is 0.750 bits per heavy atom. The number of hydrogen-bond donors (Lipinski definition) is 2. The number of carbonyl (C=O) groups is 4. The van der Waals surface area contributed by atoms with Gasteiger partial charge < -0.3 is 20.4 Å². The van der Waals surface area contributed by atoms with E-state index >= 15 is 0 Å². The average Bonchev–Trinajstić information content (AvgIpc) is 2.94. The number of rotatable bonds is 4. The van der Waals surface area contributed by atoms with E-state index in [0.717, 1.165) is 22.1 Å². The molecule has 4 amide bonds. The number of nitrogens with zero attached hydrogens (tertiary/aromatic N) is 2. The molecule has 0 radical (unpaired) electrons. The van der Waals surface area contributed by atoms with E-state index in [-0.39, 0.29) is 23.6 Å². The molecule has 0 aliphatic carbocycles. The van der Waals surface area contributed by atoms with E-state index in [4.69, 9.17) is 0 Å². The summed E-state index contributed by atoms with van der Waals surface area (Å²) in [5.41, 5.74) is 2.50.